The van der Waals surface area contributed by atoms with Crippen molar-refractivity contribution in [2.45, 2.75) is 50.6 Å². The molecule has 2 aromatic carbocycles. The van der Waals surface area contributed by atoms with Crippen LogP contribution in [0.15, 0.2) is 64.2 Å². The van der Waals surface area contributed by atoms with Crippen LogP contribution in [0.25, 0.3) is 5.57 Å². The third kappa shape index (κ3) is 5.48. The van der Waals surface area contributed by atoms with Gasteiger partial charge in [0.15, 0.2) is 0 Å². The molecule has 0 amide bonds. The fourth-order valence-corrected chi connectivity index (χ4v) is 4.82. The average Bonchev–Trinajstić information content (AvgIpc) is 3.69. The molecule has 0 saturated heterocycles. The van der Waals surface area contributed by atoms with Crippen LogP contribution in [0, 0.1) is 5.92 Å². The maximum atomic E-state index is 13.9. The average molecular weight is 497 g/mol. The van der Waals surface area contributed by atoms with Crippen molar-refractivity contribution in [3.05, 3.63) is 103 Å². The maximum absolute atomic E-state index is 13.9. The smallest absolute Gasteiger partial charge is 0.417 e. The molecule has 8 heteroatoms. The van der Waals surface area contributed by atoms with Crippen molar-refractivity contribution in [3.8, 4) is 5.75 Å². The number of hydrogen-bond donors (Lipinski definition) is 2. The van der Waals surface area contributed by atoms with Gasteiger partial charge in [-0.25, -0.2) is 4.79 Å². The Balaban J connectivity index is 1.41. The van der Waals surface area contributed by atoms with Crippen molar-refractivity contribution in [2.24, 2.45) is 5.92 Å². The summed E-state index contributed by atoms with van der Waals surface area (Å²) < 4.78 is 47.4. The summed E-state index contributed by atoms with van der Waals surface area (Å²) in [5.41, 5.74) is 1.03. The summed E-state index contributed by atoms with van der Waals surface area (Å²) in [6.45, 7) is 0.445. The molecule has 0 aliphatic heterocycles. The number of nitrogens with one attached hydrogen (secondary N) is 2. The Morgan fingerprint density at radius 3 is 2.42 bits per heavy atom. The summed E-state index contributed by atoms with van der Waals surface area (Å²) in [4.78, 5) is 29.8. The lowest BCUT2D eigenvalue weighted by molar-refractivity contribution is -0.137. The minimum atomic E-state index is -4.51. The molecule has 1 atom stereocenters. The zero-order valence-electron chi connectivity index (χ0n) is 19.7. The summed E-state index contributed by atoms with van der Waals surface area (Å²) in [5, 5.41) is 0. The van der Waals surface area contributed by atoms with Crippen molar-refractivity contribution < 1.29 is 17.9 Å². The topological polar surface area (TPSA) is 75.0 Å². The molecule has 1 aromatic heterocycles. The first kappa shape index (κ1) is 24.2. The number of aromatic amines is 2. The highest BCUT2D eigenvalue weighted by Crippen LogP contribution is 2.42. The molecule has 36 heavy (non-hydrogen) atoms. The zero-order chi connectivity index (χ0) is 25.3. The second-order valence-corrected chi connectivity index (χ2v) is 9.62. The molecule has 0 spiro atoms. The van der Waals surface area contributed by atoms with E-state index in [1.54, 1.807) is 12.1 Å². The molecule has 3 aromatic rings. The van der Waals surface area contributed by atoms with Crippen LogP contribution in [0.2, 0.25) is 0 Å². The van der Waals surface area contributed by atoms with Crippen LogP contribution >= 0.6 is 0 Å². The number of benzene rings is 2. The van der Waals surface area contributed by atoms with Gasteiger partial charge in [0.2, 0.25) is 0 Å². The lowest BCUT2D eigenvalue weighted by Crippen LogP contribution is -2.30. The Labute approximate surface area is 206 Å². The number of ether oxygens (including phenoxy) is 1. The summed E-state index contributed by atoms with van der Waals surface area (Å²) in [7, 11) is 0. The molecule has 5 nitrogen and oxygen atoms in total. The highest BCUT2D eigenvalue weighted by Gasteiger charge is 2.35. The lowest BCUT2D eigenvalue weighted by atomic mass is 9.82. The van der Waals surface area contributed by atoms with E-state index in [0.29, 0.717) is 55.0 Å². The van der Waals surface area contributed by atoms with E-state index in [9.17, 15) is 22.8 Å². The predicted molar refractivity (Wildman–Crippen MR) is 131 cm³/mol. The highest BCUT2D eigenvalue weighted by atomic mass is 19.4. The van der Waals surface area contributed by atoms with Gasteiger partial charge in [0.25, 0.3) is 5.56 Å². The van der Waals surface area contributed by atoms with Crippen molar-refractivity contribution >= 4 is 5.57 Å². The number of halogens is 3. The van der Waals surface area contributed by atoms with Crippen molar-refractivity contribution in [1.82, 2.24) is 9.97 Å². The number of alkyl halides is 3. The SMILES string of the molecule is O=c1[nH]c(C2CC=C(c3ccc(OCC4CC4)cc3C(F)(F)F)CC2)c(Cc2ccccc2)c(=O)[nH]1. The quantitative estimate of drug-likeness (QED) is 0.433. The van der Waals surface area contributed by atoms with E-state index in [2.05, 4.69) is 9.97 Å². The minimum absolute atomic E-state index is 0.156. The monoisotopic (exact) mass is 496 g/mol. The first-order valence-corrected chi connectivity index (χ1v) is 12.2. The normalized spacial score (nSPS) is 18.1. The third-order valence-electron chi connectivity index (χ3n) is 6.94. The number of allylic oxidation sites excluding steroid dienone is 2. The molecule has 5 rings (SSSR count). The van der Waals surface area contributed by atoms with Crippen LogP contribution in [0.3, 0.4) is 0 Å². The van der Waals surface area contributed by atoms with Gasteiger partial charge < -0.3 is 9.72 Å². The molecular formula is C28H27F3N2O3. The van der Waals surface area contributed by atoms with Gasteiger partial charge in [-0.1, -0.05) is 42.5 Å². The van der Waals surface area contributed by atoms with E-state index in [0.717, 1.165) is 24.5 Å². The molecule has 1 heterocycles. The van der Waals surface area contributed by atoms with E-state index in [1.807, 2.05) is 30.3 Å². The fourth-order valence-electron chi connectivity index (χ4n) is 4.82. The Kier molecular flexibility index (Phi) is 6.60. The van der Waals surface area contributed by atoms with Crippen LogP contribution in [0.1, 0.15) is 66.0 Å². The first-order valence-electron chi connectivity index (χ1n) is 12.2. The maximum Gasteiger partial charge on any atom is 0.417 e. The van der Waals surface area contributed by atoms with Gasteiger partial charge in [0.05, 0.1) is 12.2 Å². The number of hydrogen-bond acceptors (Lipinski definition) is 3. The number of aromatic nitrogens is 2. The lowest BCUT2D eigenvalue weighted by Gasteiger charge is -2.25. The number of H-pyrrole nitrogens is 2. The standard InChI is InChI=1S/C28H27F3N2O3/c29-28(30,31)24-15-21(36-16-18-6-7-18)12-13-22(24)19-8-10-20(11-9-19)25-23(26(34)33-27(35)32-25)14-17-4-2-1-3-5-17/h1-5,8,12-13,15,18,20H,6-7,9-11,14,16H2,(H2,32,33,34,35). The van der Waals surface area contributed by atoms with Crippen LogP contribution in [-0.4, -0.2) is 16.6 Å². The largest absolute Gasteiger partial charge is 0.493 e. The molecule has 188 valence electrons. The van der Waals surface area contributed by atoms with Gasteiger partial charge in [0.1, 0.15) is 5.75 Å². The van der Waals surface area contributed by atoms with Crippen LogP contribution < -0.4 is 16.0 Å². The predicted octanol–water partition coefficient (Wildman–Crippen LogP) is 5.81. The summed E-state index contributed by atoms with van der Waals surface area (Å²) in [6, 6.07) is 13.6. The summed E-state index contributed by atoms with van der Waals surface area (Å²) >= 11 is 0. The van der Waals surface area contributed by atoms with Gasteiger partial charge >= 0.3 is 11.9 Å². The molecule has 0 bridgehead atoms. The molecule has 1 unspecified atom stereocenters. The molecule has 2 aliphatic rings. The van der Waals surface area contributed by atoms with E-state index >= 15 is 0 Å². The molecule has 1 fully saturated rings. The van der Waals surface area contributed by atoms with Gasteiger partial charge in [-0.3, -0.25) is 9.78 Å². The molecule has 0 radical (unpaired) electrons. The molecular weight excluding hydrogens is 469 g/mol. The summed E-state index contributed by atoms with van der Waals surface area (Å²) in [6.07, 6.45) is 1.11. The minimum Gasteiger partial charge on any atom is -0.493 e. The van der Waals surface area contributed by atoms with E-state index in [4.69, 9.17) is 4.74 Å². The Morgan fingerprint density at radius 2 is 1.75 bits per heavy atom. The van der Waals surface area contributed by atoms with E-state index < -0.39 is 23.0 Å². The Hall–Kier alpha value is -3.55. The van der Waals surface area contributed by atoms with Crippen LogP contribution in [0.4, 0.5) is 13.2 Å². The van der Waals surface area contributed by atoms with Crippen LogP contribution in [-0.2, 0) is 12.6 Å². The zero-order valence-corrected chi connectivity index (χ0v) is 19.7. The first-order chi connectivity index (χ1) is 17.3. The van der Waals surface area contributed by atoms with Crippen molar-refractivity contribution in [3.63, 3.8) is 0 Å². The second kappa shape index (κ2) is 9.84. The number of rotatable bonds is 7. The van der Waals surface area contributed by atoms with Crippen molar-refractivity contribution in [2.75, 3.05) is 6.61 Å². The van der Waals surface area contributed by atoms with Gasteiger partial charge in [-0.15, -0.1) is 0 Å². The fraction of sp³-hybridized carbons (Fsp3) is 0.357. The van der Waals surface area contributed by atoms with Crippen LogP contribution in [0.5, 0.6) is 5.75 Å². The van der Waals surface area contributed by atoms with E-state index in [-0.39, 0.29) is 17.2 Å². The van der Waals surface area contributed by atoms with Gasteiger partial charge in [0, 0.05) is 23.6 Å². The van der Waals surface area contributed by atoms with Gasteiger partial charge in [-0.2, -0.15) is 13.2 Å². The van der Waals surface area contributed by atoms with Gasteiger partial charge in [-0.05, 0) is 66.9 Å². The molecule has 2 N–H and O–H groups in total. The van der Waals surface area contributed by atoms with E-state index in [1.165, 1.54) is 6.07 Å². The summed E-state index contributed by atoms with van der Waals surface area (Å²) in [5.74, 6) is 0.511. The van der Waals surface area contributed by atoms with Crippen molar-refractivity contribution in [1.29, 1.82) is 0 Å². The Morgan fingerprint density at radius 1 is 0.972 bits per heavy atom. The Bertz CT molecular complexity index is 1390. The third-order valence-corrected chi connectivity index (χ3v) is 6.94. The highest BCUT2D eigenvalue weighted by molar-refractivity contribution is 5.70. The molecule has 2 aliphatic carbocycles. The molecule has 1 saturated carbocycles. The second-order valence-electron chi connectivity index (χ2n) is 9.62.